The van der Waals surface area contributed by atoms with Gasteiger partial charge in [0.2, 0.25) is 21.9 Å². The molecule has 1 heterocycles. The third-order valence-corrected chi connectivity index (χ3v) is 10.0. The van der Waals surface area contributed by atoms with Crippen LogP contribution in [0.1, 0.15) is 59.3 Å². The highest BCUT2D eigenvalue weighted by atomic mass is 32.2. The highest BCUT2D eigenvalue weighted by Gasteiger charge is 2.43. The number of thioether (sulfide) groups is 1. The molecule has 0 radical (unpaired) electrons. The number of carboxylic acid groups (broad SMARTS) is 1. The Labute approximate surface area is 225 Å². The van der Waals surface area contributed by atoms with E-state index >= 15 is 0 Å². The van der Waals surface area contributed by atoms with Gasteiger partial charge in [0.05, 0.1) is 16.0 Å². The lowest BCUT2D eigenvalue weighted by molar-refractivity contribution is -0.148. The molecule has 1 N–H and O–H groups in total. The van der Waals surface area contributed by atoms with Crippen molar-refractivity contribution < 1.29 is 40.6 Å². The number of sulfonamides is 1. The summed E-state index contributed by atoms with van der Waals surface area (Å²) in [5, 5.41) is 9.44. The topological polar surface area (TPSA) is 87.1 Å². The molecule has 1 atom stereocenters. The van der Waals surface area contributed by atoms with E-state index in [0.29, 0.717) is 10.6 Å². The van der Waals surface area contributed by atoms with Gasteiger partial charge in [-0.25, -0.2) is 26.0 Å². The van der Waals surface area contributed by atoms with E-state index in [1.54, 1.807) is 17.2 Å². The van der Waals surface area contributed by atoms with Gasteiger partial charge in [0.25, 0.3) is 0 Å². The van der Waals surface area contributed by atoms with E-state index in [4.69, 9.17) is 4.74 Å². The molecule has 1 aliphatic carbocycles. The third-order valence-electron chi connectivity index (χ3n) is 7.34. The highest BCUT2D eigenvalue weighted by molar-refractivity contribution is 7.98. The van der Waals surface area contributed by atoms with E-state index in [1.807, 2.05) is 0 Å². The molecule has 1 saturated carbocycles. The van der Waals surface area contributed by atoms with E-state index in [-0.39, 0.29) is 55.9 Å². The first-order valence-electron chi connectivity index (χ1n) is 12.5. The molecule has 0 amide bonds. The molecule has 38 heavy (non-hydrogen) atoms. The summed E-state index contributed by atoms with van der Waals surface area (Å²) >= 11 is 1.27. The number of rotatable bonds is 9. The van der Waals surface area contributed by atoms with E-state index < -0.39 is 51.8 Å². The average Bonchev–Trinajstić information content (AvgIpc) is 2.88. The van der Waals surface area contributed by atoms with Crippen LogP contribution in [0.4, 0.5) is 23.2 Å². The lowest BCUT2D eigenvalue weighted by Gasteiger charge is -2.40. The van der Waals surface area contributed by atoms with Crippen LogP contribution in [0.2, 0.25) is 0 Å². The van der Waals surface area contributed by atoms with Gasteiger partial charge >= 0.3 is 5.97 Å². The quantitative estimate of drug-likeness (QED) is 0.294. The zero-order valence-corrected chi connectivity index (χ0v) is 23.9. The molecular weight excluding hydrogens is 548 g/mol. The first-order valence-corrected chi connectivity index (χ1v) is 15.1. The summed E-state index contributed by atoms with van der Waals surface area (Å²) in [5.41, 5.74) is -0.930. The Kier molecular flexibility index (Phi) is 8.95. The highest BCUT2D eigenvalue weighted by Crippen LogP contribution is 2.45. The van der Waals surface area contributed by atoms with E-state index in [9.17, 15) is 35.9 Å². The number of carboxylic acids is 1. The maximum Gasteiger partial charge on any atom is 0.312 e. The number of ether oxygens (including phenoxy) is 1. The van der Waals surface area contributed by atoms with E-state index in [2.05, 4.69) is 0 Å². The molecule has 0 unspecified atom stereocenters. The first kappa shape index (κ1) is 30.8. The molecule has 0 saturated heterocycles. The van der Waals surface area contributed by atoms with Gasteiger partial charge in [-0.15, -0.1) is 11.8 Å². The minimum absolute atomic E-state index is 0.0785. The van der Waals surface area contributed by atoms with Gasteiger partial charge in [-0.05, 0) is 52.4 Å². The van der Waals surface area contributed by atoms with Gasteiger partial charge in [0.1, 0.15) is 17.3 Å². The maximum atomic E-state index is 14.0. The largest absolute Gasteiger partial charge is 0.491 e. The summed E-state index contributed by atoms with van der Waals surface area (Å²) in [4.78, 5) is 13.8. The Bertz CT molecular complexity index is 1130. The smallest absolute Gasteiger partial charge is 0.312 e. The molecular formula is C25H36F4N2O5S2. The number of aliphatic carboxylic acids is 1. The summed E-state index contributed by atoms with van der Waals surface area (Å²) < 4.78 is 89.9. The lowest BCUT2D eigenvalue weighted by atomic mass is 9.90. The second kappa shape index (κ2) is 11.0. The monoisotopic (exact) mass is 584 g/mol. The molecule has 3 rings (SSSR count). The lowest BCUT2D eigenvalue weighted by Crippen LogP contribution is -2.47. The molecule has 7 nitrogen and oxygen atoms in total. The number of fused-ring (bicyclic) bond motifs is 1. The molecule has 1 fully saturated rings. The van der Waals surface area contributed by atoms with Crippen molar-refractivity contribution >= 4 is 33.4 Å². The predicted octanol–water partition coefficient (Wildman–Crippen LogP) is 5.72. The second-order valence-electron chi connectivity index (χ2n) is 11.0. The Morgan fingerprint density at radius 1 is 1.21 bits per heavy atom. The number of hydrogen-bond donors (Lipinski definition) is 1. The molecule has 0 spiro atoms. The van der Waals surface area contributed by atoms with Crippen LogP contribution >= 0.6 is 11.8 Å². The number of nitrogens with zero attached hydrogens (tertiary/aromatic N) is 2. The number of hydrogen-bond acceptors (Lipinski definition) is 6. The summed E-state index contributed by atoms with van der Waals surface area (Å²) in [7, 11) is -2.85. The fourth-order valence-electron chi connectivity index (χ4n) is 4.72. The van der Waals surface area contributed by atoms with Gasteiger partial charge in [0.15, 0.2) is 0 Å². The summed E-state index contributed by atoms with van der Waals surface area (Å²) in [6.07, 6.45) is 0.692. The van der Waals surface area contributed by atoms with Crippen LogP contribution in [0.25, 0.3) is 0 Å². The Morgan fingerprint density at radius 3 is 2.34 bits per heavy atom. The molecule has 2 aliphatic rings. The Morgan fingerprint density at radius 2 is 1.82 bits per heavy atom. The molecule has 1 aliphatic heterocycles. The van der Waals surface area contributed by atoms with Crippen molar-refractivity contribution in [1.29, 1.82) is 0 Å². The van der Waals surface area contributed by atoms with Crippen LogP contribution in [0, 0.1) is 5.41 Å². The minimum Gasteiger partial charge on any atom is -0.491 e. The SMILES string of the molecule is CSc1cc2c(cc1OCC(C)(C)C(=O)O)S(=O)(=O)N(C)[C@H](CCC(C)(F)F)CN2C1CCC(F)(F)CC1. The standard InChI is InChI=1S/C25H36F4N2O5S2/c1-23(2,22(32)33)15-36-19-13-21-18(12-20(19)37-5)31(16-7-10-25(28,29)11-8-16)14-17(6-9-24(3,26)27)30(4)38(21,34)35/h12-13,16-17H,6-11,14-15H2,1-5H3,(H,32,33)/t17-/m1/s1. The number of alkyl halides is 4. The van der Waals surface area contributed by atoms with Crippen LogP contribution in [0.5, 0.6) is 5.75 Å². The minimum atomic E-state index is -4.19. The summed E-state index contributed by atoms with van der Waals surface area (Å²) in [6, 6.07) is 1.75. The van der Waals surface area contributed by atoms with Crippen LogP contribution < -0.4 is 9.64 Å². The molecule has 216 valence electrons. The molecule has 1 aromatic carbocycles. The Balaban J connectivity index is 2.11. The predicted molar refractivity (Wildman–Crippen MR) is 138 cm³/mol. The van der Waals surface area contributed by atoms with Gasteiger partial charge < -0.3 is 14.7 Å². The van der Waals surface area contributed by atoms with Gasteiger partial charge in [-0.1, -0.05) is 0 Å². The normalized spacial score (nSPS) is 22.6. The summed E-state index contributed by atoms with van der Waals surface area (Å²) in [6.45, 7) is 3.60. The molecule has 13 heteroatoms. The van der Waals surface area contributed by atoms with Crippen molar-refractivity contribution in [2.75, 3.05) is 31.4 Å². The van der Waals surface area contributed by atoms with Crippen molar-refractivity contribution in [3.8, 4) is 5.75 Å². The molecule has 0 bridgehead atoms. The van der Waals surface area contributed by atoms with Crippen LogP contribution in [0.15, 0.2) is 21.9 Å². The van der Waals surface area contributed by atoms with Crippen LogP contribution in [0.3, 0.4) is 0 Å². The van der Waals surface area contributed by atoms with Crippen molar-refractivity contribution in [3.63, 3.8) is 0 Å². The average molecular weight is 585 g/mol. The third kappa shape index (κ3) is 6.88. The van der Waals surface area contributed by atoms with Gasteiger partial charge in [-0.2, -0.15) is 4.31 Å². The van der Waals surface area contributed by atoms with Crippen molar-refractivity contribution in [1.82, 2.24) is 4.31 Å². The maximum absolute atomic E-state index is 14.0. The number of benzene rings is 1. The van der Waals surface area contributed by atoms with Crippen LogP contribution in [-0.4, -0.2) is 74.2 Å². The number of halogens is 4. The number of carbonyl (C=O) groups is 1. The van der Waals surface area contributed by atoms with Crippen molar-refractivity contribution in [2.24, 2.45) is 5.41 Å². The zero-order chi connectivity index (χ0) is 28.7. The second-order valence-corrected chi connectivity index (χ2v) is 13.8. The molecule has 1 aromatic rings. The zero-order valence-electron chi connectivity index (χ0n) is 22.3. The first-order chi connectivity index (χ1) is 17.4. The number of likely N-dealkylation sites (N-methyl/N-ethyl adjacent to an activating group) is 1. The van der Waals surface area contributed by atoms with E-state index in [0.717, 1.165) is 11.2 Å². The molecule has 0 aromatic heterocycles. The van der Waals surface area contributed by atoms with Crippen molar-refractivity contribution in [2.45, 2.75) is 93.0 Å². The van der Waals surface area contributed by atoms with Gasteiger partial charge in [0, 0.05) is 51.0 Å². The van der Waals surface area contributed by atoms with Gasteiger partial charge in [-0.3, -0.25) is 4.79 Å². The fourth-order valence-corrected chi connectivity index (χ4v) is 6.84. The van der Waals surface area contributed by atoms with Crippen LogP contribution in [-0.2, 0) is 14.8 Å². The fraction of sp³-hybridized carbons (Fsp3) is 0.720. The van der Waals surface area contributed by atoms with E-state index in [1.165, 1.54) is 38.7 Å². The Hall–Kier alpha value is -1.73. The van der Waals surface area contributed by atoms with Crippen molar-refractivity contribution in [3.05, 3.63) is 12.1 Å². The summed E-state index contributed by atoms with van der Waals surface area (Å²) in [5.74, 6) is -6.69. The number of anilines is 1.